The van der Waals surface area contributed by atoms with Crippen molar-refractivity contribution < 1.29 is 4.79 Å². The summed E-state index contributed by atoms with van der Waals surface area (Å²) >= 11 is 6.08. The summed E-state index contributed by atoms with van der Waals surface area (Å²) in [5, 5.41) is 7.83. The van der Waals surface area contributed by atoms with E-state index in [1.165, 1.54) is 6.42 Å². The second-order valence-electron chi connectivity index (χ2n) is 5.72. The molecule has 1 N–H and O–H groups in total. The van der Waals surface area contributed by atoms with E-state index in [0.717, 1.165) is 18.7 Å². The van der Waals surface area contributed by atoms with Crippen molar-refractivity contribution in [1.82, 2.24) is 14.6 Å². The van der Waals surface area contributed by atoms with Gasteiger partial charge in [0.1, 0.15) is 0 Å². The highest BCUT2D eigenvalue weighted by Gasteiger charge is 2.24. The van der Waals surface area contributed by atoms with E-state index in [4.69, 9.17) is 11.6 Å². The topological polar surface area (TPSA) is 59.3 Å². The van der Waals surface area contributed by atoms with E-state index in [1.807, 2.05) is 18.3 Å². The molecule has 0 unspecified atom stereocenters. The van der Waals surface area contributed by atoms with Gasteiger partial charge in [0.25, 0.3) is 5.91 Å². The minimum atomic E-state index is -0.253. The monoisotopic (exact) mass is 326 g/mol. The highest BCUT2D eigenvalue weighted by atomic mass is 35.5. The summed E-state index contributed by atoms with van der Waals surface area (Å²) in [5.74, 6) is 1.05. The zero-order valence-corrected chi connectivity index (χ0v) is 13.1. The van der Waals surface area contributed by atoms with Crippen molar-refractivity contribution in [2.24, 2.45) is 0 Å². The van der Waals surface area contributed by atoms with Gasteiger partial charge in [-0.1, -0.05) is 30.2 Å². The Morgan fingerprint density at radius 3 is 2.78 bits per heavy atom. The molecule has 0 atom stereocenters. The fourth-order valence-corrected chi connectivity index (χ4v) is 2.92. The first kappa shape index (κ1) is 14.2. The minimum absolute atomic E-state index is 0.253. The molecule has 5 nitrogen and oxygen atoms in total. The van der Waals surface area contributed by atoms with Crippen LogP contribution in [0.3, 0.4) is 0 Å². The molecule has 4 rings (SSSR count). The predicted octanol–water partition coefficient (Wildman–Crippen LogP) is 3.90. The molecule has 2 heterocycles. The molecule has 0 bridgehead atoms. The second-order valence-corrected chi connectivity index (χ2v) is 6.13. The first-order valence-corrected chi connectivity index (χ1v) is 8.01. The van der Waals surface area contributed by atoms with Crippen LogP contribution in [0.25, 0.3) is 5.65 Å². The van der Waals surface area contributed by atoms with Crippen LogP contribution in [0.5, 0.6) is 0 Å². The fourth-order valence-electron chi connectivity index (χ4n) is 2.69. The molecule has 1 aliphatic carbocycles. The van der Waals surface area contributed by atoms with Crippen LogP contribution in [0.4, 0.5) is 5.69 Å². The summed E-state index contributed by atoms with van der Waals surface area (Å²) in [7, 11) is 0. The summed E-state index contributed by atoms with van der Waals surface area (Å²) < 4.78 is 1.72. The van der Waals surface area contributed by atoms with Crippen molar-refractivity contribution >= 4 is 28.8 Å². The maximum absolute atomic E-state index is 12.4. The van der Waals surface area contributed by atoms with Gasteiger partial charge >= 0.3 is 0 Å². The van der Waals surface area contributed by atoms with Gasteiger partial charge in [0, 0.05) is 12.1 Å². The van der Waals surface area contributed by atoms with Gasteiger partial charge in [-0.25, -0.2) is 9.50 Å². The van der Waals surface area contributed by atoms with E-state index in [1.54, 1.807) is 28.8 Å². The number of benzene rings is 1. The number of fused-ring (bicyclic) bond motifs is 1. The normalized spacial score (nSPS) is 14.7. The van der Waals surface area contributed by atoms with E-state index < -0.39 is 0 Å². The molecule has 6 heteroatoms. The Morgan fingerprint density at radius 2 is 2.04 bits per heavy atom. The molecule has 116 valence electrons. The highest BCUT2D eigenvalue weighted by molar-refractivity contribution is 6.34. The number of aromatic nitrogens is 3. The molecule has 3 aromatic rings. The molecule has 2 aromatic heterocycles. The zero-order chi connectivity index (χ0) is 15.8. The third-order valence-electron chi connectivity index (χ3n) is 4.22. The van der Waals surface area contributed by atoms with Crippen molar-refractivity contribution in [3.05, 3.63) is 59.0 Å². The summed E-state index contributed by atoms with van der Waals surface area (Å²) in [6.45, 7) is 0. The van der Waals surface area contributed by atoms with E-state index in [9.17, 15) is 4.79 Å². The number of hydrogen-bond acceptors (Lipinski definition) is 3. The molecule has 1 saturated carbocycles. The van der Waals surface area contributed by atoms with Crippen molar-refractivity contribution in [2.45, 2.75) is 25.2 Å². The first-order valence-electron chi connectivity index (χ1n) is 7.63. The summed E-state index contributed by atoms with van der Waals surface area (Å²) in [6, 6.07) is 10.6. The average molecular weight is 327 g/mol. The predicted molar refractivity (Wildman–Crippen MR) is 89.0 cm³/mol. The summed E-state index contributed by atoms with van der Waals surface area (Å²) in [5.41, 5.74) is 1.74. The Kier molecular flexibility index (Phi) is 3.50. The van der Waals surface area contributed by atoms with Crippen LogP contribution >= 0.6 is 11.6 Å². The maximum Gasteiger partial charge on any atom is 0.257 e. The van der Waals surface area contributed by atoms with Crippen LogP contribution in [0.15, 0.2) is 42.6 Å². The second kappa shape index (κ2) is 5.66. The molecular formula is C17H15ClN4O. The van der Waals surface area contributed by atoms with Gasteiger partial charge in [-0.2, -0.15) is 5.10 Å². The van der Waals surface area contributed by atoms with Crippen LogP contribution in [-0.4, -0.2) is 20.5 Å². The fraction of sp³-hybridized carbons (Fsp3) is 0.235. The number of rotatable bonds is 3. The van der Waals surface area contributed by atoms with Gasteiger partial charge in [-0.3, -0.25) is 4.79 Å². The molecule has 1 amide bonds. The standard InChI is InChI=1S/C17H15ClN4O/c18-13-8-2-1-7-12(13)17(23)19-14-9-4-10-22-16(14)20-15(21-22)11-5-3-6-11/h1-2,4,7-11H,3,5-6H2,(H,19,23). The van der Waals surface area contributed by atoms with E-state index in [0.29, 0.717) is 27.8 Å². The van der Waals surface area contributed by atoms with Crippen LogP contribution in [0, 0.1) is 0 Å². The highest BCUT2D eigenvalue weighted by Crippen LogP contribution is 2.35. The summed E-state index contributed by atoms with van der Waals surface area (Å²) in [4.78, 5) is 17.0. The molecular weight excluding hydrogens is 312 g/mol. The summed E-state index contributed by atoms with van der Waals surface area (Å²) in [6.07, 6.45) is 5.35. The molecule has 1 fully saturated rings. The largest absolute Gasteiger partial charge is 0.319 e. The van der Waals surface area contributed by atoms with Crippen LogP contribution in [-0.2, 0) is 0 Å². The number of nitrogens with zero attached hydrogens (tertiary/aromatic N) is 3. The number of anilines is 1. The molecule has 1 aliphatic rings. The first-order chi connectivity index (χ1) is 11.2. The van der Waals surface area contributed by atoms with Crippen molar-refractivity contribution in [3.8, 4) is 0 Å². The van der Waals surface area contributed by atoms with Gasteiger partial charge in [0.2, 0.25) is 0 Å². The third kappa shape index (κ3) is 2.57. The number of carbonyl (C=O) groups is 1. The van der Waals surface area contributed by atoms with Crippen LogP contribution in [0.1, 0.15) is 41.4 Å². The Balaban J connectivity index is 1.67. The van der Waals surface area contributed by atoms with Crippen molar-refractivity contribution in [1.29, 1.82) is 0 Å². The number of halogens is 1. The van der Waals surface area contributed by atoms with Crippen LogP contribution in [0.2, 0.25) is 5.02 Å². The Labute approximate surface area is 138 Å². The van der Waals surface area contributed by atoms with E-state index >= 15 is 0 Å². The van der Waals surface area contributed by atoms with E-state index in [-0.39, 0.29) is 5.91 Å². The Bertz CT molecular complexity index is 885. The zero-order valence-electron chi connectivity index (χ0n) is 12.4. The van der Waals surface area contributed by atoms with Crippen molar-refractivity contribution in [2.75, 3.05) is 5.32 Å². The average Bonchev–Trinajstić information content (AvgIpc) is 2.90. The molecule has 23 heavy (non-hydrogen) atoms. The molecule has 0 radical (unpaired) electrons. The SMILES string of the molecule is O=C(Nc1cccn2nc(C3CCC3)nc12)c1ccccc1Cl. The number of hydrogen-bond donors (Lipinski definition) is 1. The number of nitrogens with one attached hydrogen (secondary N) is 1. The van der Waals surface area contributed by atoms with Gasteiger partial charge in [0.05, 0.1) is 16.3 Å². The Hall–Kier alpha value is -2.40. The lowest BCUT2D eigenvalue weighted by Crippen LogP contribution is -2.13. The number of pyridine rings is 1. The third-order valence-corrected chi connectivity index (χ3v) is 4.55. The lowest BCUT2D eigenvalue weighted by atomic mass is 9.85. The van der Waals surface area contributed by atoms with Gasteiger partial charge in [0.15, 0.2) is 11.5 Å². The van der Waals surface area contributed by atoms with Crippen molar-refractivity contribution in [3.63, 3.8) is 0 Å². The quantitative estimate of drug-likeness (QED) is 0.794. The number of carbonyl (C=O) groups excluding carboxylic acids is 1. The smallest absolute Gasteiger partial charge is 0.257 e. The molecule has 0 aliphatic heterocycles. The maximum atomic E-state index is 12.4. The van der Waals surface area contributed by atoms with E-state index in [2.05, 4.69) is 15.4 Å². The minimum Gasteiger partial charge on any atom is -0.319 e. The number of amides is 1. The Morgan fingerprint density at radius 1 is 1.22 bits per heavy atom. The molecule has 0 saturated heterocycles. The molecule has 0 spiro atoms. The van der Waals surface area contributed by atoms with Gasteiger partial charge < -0.3 is 5.32 Å². The lowest BCUT2D eigenvalue weighted by molar-refractivity contribution is 0.102. The van der Waals surface area contributed by atoms with Crippen LogP contribution < -0.4 is 5.32 Å². The van der Waals surface area contributed by atoms with Gasteiger partial charge in [-0.05, 0) is 37.1 Å². The van der Waals surface area contributed by atoms with Gasteiger partial charge in [-0.15, -0.1) is 0 Å². The molecule has 1 aromatic carbocycles. The lowest BCUT2D eigenvalue weighted by Gasteiger charge is -2.21.